The van der Waals surface area contributed by atoms with Crippen molar-refractivity contribution in [3.8, 4) is 0 Å². The first-order valence-corrected chi connectivity index (χ1v) is 9.86. The van der Waals surface area contributed by atoms with Crippen LogP contribution in [0.5, 0.6) is 0 Å². The van der Waals surface area contributed by atoms with Crippen LogP contribution >= 0.6 is 0 Å². The van der Waals surface area contributed by atoms with E-state index in [1.165, 1.54) is 29.9 Å². The summed E-state index contributed by atoms with van der Waals surface area (Å²) in [7, 11) is 1.41. The minimum Gasteiger partial charge on any atom is -0.466 e. The average Bonchev–Trinajstić information content (AvgIpc) is 2.78. The zero-order chi connectivity index (χ0) is 20.3. The first kappa shape index (κ1) is 20.6. The molecule has 0 saturated heterocycles. The van der Waals surface area contributed by atoms with E-state index >= 15 is 0 Å². The Morgan fingerprint density at radius 2 is 1.24 bits per heavy atom. The van der Waals surface area contributed by atoms with Gasteiger partial charge in [0, 0.05) is 25.2 Å². The van der Waals surface area contributed by atoms with Gasteiger partial charge in [-0.15, -0.1) is 0 Å². The van der Waals surface area contributed by atoms with Gasteiger partial charge in [0.05, 0.1) is 7.11 Å². The molecule has 0 N–H and O–H groups in total. The molecule has 0 bridgehead atoms. The van der Waals surface area contributed by atoms with Gasteiger partial charge in [-0.2, -0.15) is 0 Å². The van der Waals surface area contributed by atoms with Gasteiger partial charge >= 0.3 is 5.97 Å². The molecule has 0 fully saturated rings. The van der Waals surface area contributed by atoms with Crippen LogP contribution in [-0.2, 0) is 29.0 Å². The molecule has 0 radical (unpaired) electrons. The Morgan fingerprint density at radius 3 is 1.69 bits per heavy atom. The van der Waals surface area contributed by atoms with Gasteiger partial charge < -0.3 is 4.74 Å². The van der Waals surface area contributed by atoms with Crippen LogP contribution in [0.2, 0.25) is 0 Å². The lowest BCUT2D eigenvalue weighted by molar-refractivity contribution is -0.134. The van der Waals surface area contributed by atoms with Gasteiger partial charge in [0.25, 0.3) is 0 Å². The lowest BCUT2D eigenvalue weighted by atomic mass is 10.0. The number of ether oxygens (including phenoxy) is 1. The average molecular weight is 386 g/mol. The van der Waals surface area contributed by atoms with Crippen molar-refractivity contribution in [3.63, 3.8) is 0 Å². The van der Waals surface area contributed by atoms with Crippen molar-refractivity contribution in [1.29, 1.82) is 0 Å². The Morgan fingerprint density at radius 1 is 0.793 bits per heavy atom. The van der Waals surface area contributed by atoms with E-state index in [0.29, 0.717) is 0 Å². The fourth-order valence-corrected chi connectivity index (χ4v) is 3.36. The fourth-order valence-electron chi connectivity index (χ4n) is 3.36. The van der Waals surface area contributed by atoms with Gasteiger partial charge in [0.1, 0.15) is 0 Å². The SMILES string of the molecule is COC(=O)/C=C/C(Cc1ccccc1)N(Cc1ccccc1)Cc1ccccc1. The van der Waals surface area contributed by atoms with Crippen LogP contribution in [0, 0.1) is 0 Å². The van der Waals surface area contributed by atoms with Crippen LogP contribution in [0.1, 0.15) is 16.7 Å². The third-order valence-electron chi connectivity index (χ3n) is 4.87. The Hall–Kier alpha value is -3.17. The third-order valence-corrected chi connectivity index (χ3v) is 4.87. The Kier molecular flexibility index (Phi) is 7.79. The molecule has 0 heterocycles. The van der Waals surface area contributed by atoms with Crippen molar-refractivity contribution in [2.75, 3.05) is 7.11 Å². The zero-order valence-electron chi connectivity index (χ0n) is 16.8. The normalized spacial score (nSPS) is 12.2. The molecule has 0 aliphatic rings. The topological polar surface area (TPSA) is 29.5 Å². The quantitative estimate of drug-likeness (QED) is 0.382. The second-order valence-corrected chi connectivity index (χ2v) is 7.02. The van der Waals surface area contributed by atoms with Crippen LogP contribution in [0.15, 0.2) is 103 Å². The van der Waals surface area contributed by atoms with Crippen molar-refractivity contribution in [1.82, 2.24) is 4.90 Å². The molecule has 3 aromatic carbocycles. The van der Waals surface area contributed by atoms with E-state index in [1.54, 1.807) is 0 Å². The summed E-state index contributed by atoms with van der Waals surface area (Å²) in [6, 6.07) is 31.3. The fraction of sp³-hybridized carbons (Fsp3) is 0.192. The number of hydrogen-bond acceptors (Lipinski definition) is 3. The lowest BCUT2D eigenvalue weighted by Gasteiger charge is -2.30. The highest BCUT2D eigenvalue weighted by molar-refractivity contribution is 5.81. The predicted molar refractivity (Wildman–Crippen MR) is 117 cm³/mol. The number of hydrogen-bond donors (Lipinski definition) is 0. The number of methoxy groups -OCH3 is 1. The van der Waals surface area contributed by atoms with E-state index in [9.17, 15) is 4.79 Å². The first-order valence-electron chi connectivity index (χ1n) is 9.86. The first-order chi connectivity index (χ1) is 14.2. The molecule has 1 unspecified atom stereocenters. The van der Waals surface area contributed by atoms with Crippen molar-refractivity contribution in [2.45, 2.75) is 25.6 Å². The van der Waals surface area contributed by atoms with Crippen molar-refractivity contribution >= 4 is 5.97 Å². The molecular formula is C26H27NO2. The highest BCUT2D eigenvalue weighted by atomic mass is 16.5. The summed E-state index contributed by atoms with van der Waals surface area (Å²) in [5.74, 6) is -0.331. The van der Waals surface area contributed by atoms with E-state index in [2.05, 4.69) is 77.7 Å². The summed E-state index contributed by atoms with van der Waals surface area (Å²) in [4.78, 5) is 14.2. The lowest BCUT2D eigenvalue weighted by Crippen LogP contribution is -2.35. The summed E-state index contributed by atoms with van der Waals surface area (Å²) < 4.78 is 4.82. The standard InChI is InChI=1S/C26H27NO2/c1-29-26(28)18-17-25(19-22-11-5-2-6-12-22)27(20-23-13-7-3-8-14-23)21-24-15-9-4-10-16-24/h2-18,25H,19-21H2,1H3/b18-17+. The van der Waals surface area contributed by atoms with Crippen LogP contribution in [0.3, 0.4) is 0 Å². The summed E-state index contributed by atoms with van der Waals surface area (Å²) >= 11 is 0. The molecule has 3 heteroatoms. The van der Waals surface area contributed by atoms with Crippen molar-refractivity contribution < 1.29 is 9.53 Å². The van der Waals surface area contributed by atoms with Gasteiger partial charge in [-0.05, 0) is 23.1 Å². The highest BCUT2D eigenvalue weighted by Crippen LogP contribution is 2.18. The zero-order valence-corrected chi connectivity index (χ0v) is 16.8. The molecular weight excluding hydrogens is 358 g/mol. The maximum absolute atomic E-state index is 11.8. The molecule has 1 atom stereocenters. The Labute approximate surface area is 173 Å². The molecule has 29 heavy (non-hydrogen) atoms. The monoisotopic (exact) mass is 385 g/mol. The van der Waals surface area contributed by atoms with E-state index < -0.39 is 0 Å². The molecule has 3 nitrogen and oxygen atoms in total. The van der Waals surface area contributed by atoms with Crippen LogP contribution in [-0.4, -0.2) is 24.0 Å². The molecule has 148 valence electrons. The molecule has 0 amide bonds. The Bertz CT molecular complexity index is 850. The van der Waals surface area contributed by atoms with Gasteiger partial charge in [0.15, 0.2) is 0 Å². The van der Waals surface area contributed by atoms with E-state index in [1.807, 2.05) is 24.3 Å². The van der Waals surface area contributed by atoms with Gasteiger partial charge in [0.2, 0.25) is 0 Å². The van der Waals surface area contributed by atoms with Crippen molar-refractivity contribution in [3.05, 3.63) is 120 Å². The van der Waals surface area contributed by atoms with Crippen LogP contribution < -0.4 is 0 Å². The molecule has 0 aliphatic carbocycles. The number of benzene rings is 3. The van der Waals surface area contributed by atoms with E-state index in [4.69, 9.17) is 4.74 Å². The van der Waals surface area contributed by atoms with Gasteiger partial charge in [-0.25, -0.2) is 4.79 Å². The maximum atomic E-state index is 11.8. The van der Waals surface area contributed by atoms with Gasteiger partial charge in [-0.1, -0.05) is 97.1 Å². The minimum atomic E-state index is -0.331. The summed E-state index contributed by atoms with van der Waals surface area (Å²) in [5, 5.41) is 0. The number of esters is 1. The second kappa shape index (κ2) is 11.0. The minimum absolute atomic E-state index is 0.0527. The summed E-state index contributed by atoms with van der Waals surface area (Å²) in [5.41, 5.74) is 3.72. The molecule has 0 aromatic heterocycles. The molecule has 3 aromatic rings. The molecule has 0 saturated carbocycles. The van der Waals surface area contributed by atoms with Crippen LogP contribution in [0.4, 0.5) is 0 Å². The Balaban J connectivity index is 1.90. The second-order valence-electron chi connectivity index (χ2n) is 7.02. The predicted octanol–water partition coefficient (Wildman–Crippen LogP) is 5.03. The molecule has 3 rings (SSSR count). The third kappa shape index (κ3) is 6.74. The number of carbonyl (C=O) groups is 1. The van der Waals surface area contributed by atoms with Crippen molar-refractivity contribution in [2.24, 2.45) is 0 Å². The number of carbonyl (C=O) groups excluding carboxylic acids is 1. The van der Waals surface area contributed by atoms with E-state index in [0.717, 1.165) is 19.5 Å². The van der Waals surface area contributed by atoms with E-state index in [-0.39, 0.29) is 12.0 Å². The summed E-state index contributed by atoms with van der Waals surface area (Å²) in [6.45, 7) is 1.58. The van der Waals surface area contributed by atoms with Gasteiger partial charge in [-0.3, -0.25) is 4.90 Å². The largest absolute Gasteiger partial charge is 0.466 e. The highest BCUT2D eigenvalue weighted by Gasteiger charge is 2.18. The smallest absolute Gasteiger partial charge is 0.330 e. The number of nitrogens with zero attached hydrogens (tertiary/aromatic N) is 1. The number of rotatable bonds is 9. The molecule has 0 spiro atoms. The van der Waals surface area contributed by atoms with Crippen LogP contribution in [0.25, 0.3) is 0 Å². The molecule has 0 aliphatic heterocycles. The maximum Gasteiger partial charge on any atom is 0.330 e. The summed E-state index contributed by atoms with van der Waals surface area (Å²) in [6.07, 6.45) is 4.31.